The first-order valence-electron chi connectivity index (χ1n) is 7.89. The zero-order chi connectivity index (χ0) is 17.1. The molecule has 128 valence electrons. The average Bonchev–Trinajstić information content (AvgIpc) is 3.23. The molecule has 3 heterocycles. The van der Waals surface area contributed by atoms with Gasteiger partial charge in [0.25, 0.3) is 0 Å². The number of rotatable bonds is 6. The molecule has 1 aliphatic heterocycles. The number of aromatic nitrogens is 1. The molecule has 1 aliphatic rings. The first-order chi connectivity index (χ1) is 11.5. The number of carbonyl (C=O) groups is 2. The summed E-state index contributed by atoms with van der Waals surface area (Å²) >= 11 is 1.37. The number of nitrogens with zero attached hydrogens (tertiary/aromatic N) is 1. The summed E-state index contributed by atoms with van der Waals surface area (Å²) in [5.41, 5.74) is 1.72. The second kappa shape index (κ2) is 7.27. The van der Waals surface area contributed by atoms with Crippen molar-refractivity contribution in [2.45, 2.75) is 32.7 Å². The van der Waals surface area contributed by atoms with Gasteiger partial charge < -0.3 is 14.6 Å². The van der Waals surface area contributed by atoms with Crippen molar-refractivity contribution in [3.8, 4) is 0 Å². The summed E-state index contributed by atoms with van der Waals surface area (Å²) in [4.78, 5) is 24.3. The quantitative estimate of drug-likeness (QED) is 0.809. The van der Waals surface area contributed by atoms with Crippen LogP contribution in [0, 0.1) is 12.8 Å². The van der Waals surface area contributed by atoms with E-state index in [9.17, 15) is 9.59 Å². The lowest BCUT2D eigenvalue weighted by molar-refractivity contribution is -0.121. The van der Waals surface area contributed by atoms with E-state index < -0.39 is 0 Å². The predicted octanol–water partition coefficient (Wildman–Crippen LogP) is 2.16. The summed E-state index contributed by atoms with van der Waals surface area (Å²) in [5.74, 6) is 0.957. The summed E-state index contributed by atoms with van der Waals surface area (Å²) in [7, 11) is 0. The fourth-order valence-corrected chi connectivity index (χ4v) is 3.64. The molecule has 0 spiro atoms. The molecule has 3 rings (SSSR count). The SMILES string of the molecule is CC(=O)c1cc(CC(=O)N[C@H]2COC[C@H]2Cc2cc(C)no2)cs1. The van der Waals surface area contributed by atoms with Gasteiger partial charge in [0, 0.05) is 18.4 Å². The molecular formula is C17H20N2O4S. The largest absolute Gasteiger partial charge is 0.379 e. The van der Waals surface area contributed by atoms with Crippen molar-refractivity contribution < 1.29 is 18.8 Å². The lowest BCUT2D eigenvalue weighted by Crippen LogP contribution is -2.41. The van der Waals surface area contributed by atoms with E-state index in [4.69, 9.17) is 9.26 Å². The van der Waals surface area contributed by atoms with Gasteiger partial charge in [-0.15, -0.1) is 11.3 Å². The lowest BCUT2D eigenvalue weighted by Gasteiger charge is -2.17. The Bertz CT molecular complexity index is 737. The van der Waals surface area contributed by atoms with Crippen molar-refractivity contribution in [1.82, 2.24) is 10.5 Å². The maximum atomic E-state index is 12.3. The predicted molar refractivity (Wildman–Crippen MR) is 89.2 cm³/mol. The number of amides is 1. The Hall–Kier alpha value is -1.99. The number of thiophene rings is 1. The number of hydrogen-bond donors (Lipinski definition) is 1. The molecule has 2 aromatic rings. The molecule has 1 saturated heterocycles. The number of hydrogen-bond acceptors (Lipinski definition) is 6. The normalized spacial score (nSPS) is 20.2. The van der Waals surface area contributed by atoms with Gasteiger partial charge in [-0.25, -0.2) is 0 Å². The Balaban J connectivity index is 1.55. The van der Waals surface area contributed by atoms with Crippen LogP contribution in [0.1, 0.15) is 33.6 Å². The van der Waals surface area contributed by atoms with Crippen LogP contribution in [-0.4, -0.2) is 36.1 Å². The van der Waals surface area contributed by atoms with Crippen molar-refractivity contribution in [1.29, 1.82) is 0 Å². The molecule has 0 radical (unpaired) electrons. The van der Waals surface area contributed by atoms with Gasteiger partial charge in [0.15, 0.2) is 5.78 Å². The highest BCUT2D eigenvalue weighted by molar-refractivity contribution is 7.12. The highest BCUT2D eigenvalue weighted by atomic mass is 32.1. The summed E-state index contributed by atoms with van der Waals surface area (Å²) in [5, 5.41) is 8.78. The summed E-state index contributed by atoms with van der Waals surface area (Å²) in [6.07, 6.45) is 0.965. The molecule has 0 aliphatic carbocycles. The van der Waals surface area contributed by atoms with E-state index in [0.717, 1.165) is 17.0 Å². The van der Waals surface area contributed by atoms with Crippen LogP contribution in [0.2, 0.25) is 0 Å². The van der Waals surface area contributed by atoms with Crippen LogP contribution >= 0.6 is 11.3 Å². The Morgan fingerprint density at radius 3 is 2.88 bits per heavy atom. The van der Waals surface area contributed by atoms with Crippen molar-refractivity contribution in [3.63, 3.8) is 0 Å². The van der Waals surface area contributed by atoms with E-state index in [1.165, 1.54) is 18.3 Å². The third kappa shape index (κ3) is 4.10. The van der Waals surface area contributed by atoms with Gasteiger partial charge in [-0.05, 0) is 30.9 Å². The van der Waals surface area contributed by atoms with E-state index in [1.807, 2.05) is 18.4 Å². The monoisotopic (exact) mass is 348 g/mol. The first-order valence-corrected chi connectivity index (χ1v) is 8.77. The molecule has 0 unspecified atom stereocenters. The molecule has 24 heavy (non-hydrogen) atoms. The minimum atomic E-state index is -0.0582. The van der Waals surface area contributed by atoms with Crippen LogP contribution < -0.4 is 5.32 Å². The number of aryl methyl sites for hydroxylation is 1. The molecule has 1 amide bonds. The van der Waals surface area contributed by atoms with E-state index in [1.54, 1.807) is 6.07 Å². The van der Waals surface area contributed by atoms with Crippen molar-refractivity contribution in [2.75, 3.05) is 13.2 Å². The summed E-state index contributed by atoms with van der Waals surface area (Å²) in [6, 6.07) is 3.66. The molecule has 2 atom stereocenters. The third-order valence-electron chi connectivity index (χ3n) is 4.05. The van der Waals surface area contributed by atoms with Gasteiger partial charge in [-0.3, -0.25) is 9.59 Å². The van der Waals surface area contributed by atoms with Gasteiger partial charge in [-0.1, -0.05) is 5.16 Å². The Morgan fingerprint density at radius 1 is 1.38 bits per heavy atom. The molecule has 6 nitrogen and oxygen atoms in total. The second-order valence-corrected chi connectivity index (χ2v) is 7.07. The van der Waals surface area contributed by atoms with Gasteiger partial charge in [0.2, 0.25) is 5.91 Å². The highest BCUT2D eigenvalue weighted by Gasteiger charge is 2.30. The van der Waals surface area contributed by atoms with E-state index in [2.05, 4.69) is 10.5 Å². The molecule has 1 fully saturated rings. The van der Waals surface area contributed by atoms with Crippen molar-refractivity contribution >= 4 is 23.0 Å². The molecule has 0 bridgehead atoms. The topological polar surface area (TPSA) is 81.4 Å². The van der Waals surface area contributed by atoms with E-state index in [0.29, 0.717) is 24.5 Å². The standard InChI is InChI=1S/C17H20N2O4S/c1-10-3-14(23-19-10)6-13-7-22-8-15(13)18-17(21)5-12-4-16(11(2)20)24-9-12/h3-4,9,13,15H,5-8H2,1-2H3,(H,18,21)/t13-,15+/m1/s1. The van der Waals surface area contributed by atoms with Crippen molar-refractivity contribution in [3.05, 3.63) is 39.4 Å². The number of Topliss-reactive ketones (excluding diaryl/α,β-unsaturated/α-hetero) is 1. The highest BCUT2D eigenvalue weighted by Crippen LogP contribution is 2.20. The number of carbonyl (C=O) groups excluding carboxylic acids is 2. The fraction of sp³-hybridized carbons (Fsp3) is 0.471. The van der Waals surface area contributed by atoms with E-state index in [-0.39, 0.29) is 30.1 Å². The molecule has 7 heteroatoms. The zero-order valence-corrected chi connectivity index (χ0v) is 14.5. The molecule has 0 saturated carbocycles. The maximum Gasteiger partial charge on any atom is 0.224 e. The van der Waals surface area contributed by atoms with Crippen LogP contribution in [0.25, 0.3) is 0 Å². The number of ether oxygens (including phenoxy) is 1. The Labute approximate surface area is 144 Å². The minimum absolute atomic E-state index is 0.0262. The molecule has 1 N–H and O–H groups in total. The Morgan fingerprint density at radius 2 is 2.21 bits per heavy atom. The van der Waals surface area contributed by atoms with Crippen LogP contribution in [-0.2, 0) is 22.4 Å². The van der Waals surface area contributed by atoms with Crippen molar-refractivity contribution in [2.24, 2.45) is 5.92 Å². The molecular weight excluding hydrogens is 328 g/mol. The molecule has 0 aromatic carbocycles. The van der Waals surface area contributed by atoms with E-state index >= 15 is 0 Å². The summed E-state index contributed by atoms with van der Waals surface area (Å²) in [6.45, 7) is 4.51. The smallest absolute Gasteiger partial charge is 0.224 e. The lowest BCUT2D eigenvalue weighted by atomic mass is 9.98. The van der Waals surface area contributed by atoms with Crippen LogP contribution in [0.15, 0.2) is 22.0 Å². The van der Waals surface area contributed by atoms with Gasteiger partial charge in [0.1, 0.15) is 5.76 Å². The number of ketones is 1. The van der Waals surface area contributed by atoms with Gasteiger partial charge >= 0.3 is 0 Å². The average molecular weight is 348 g/mol. The fourth-order valence-electron chi connectivity index (χ4n) is 2.83. The van der Waals surface area contributed by atoms with Crippen LogP contribution in [0.3, 0.4) is 0 Å². The molecule has 2 aromatic heterocycles. The Kier molecular flexibility index (Phi) is 5.11. The van der Waals surface area contributed by atoms with Crippen LogP contribution in [0.4, 0.5) is 0 Å². The third-order valence-corrected chi connectivity index (χ3v) is 5.13. The summed E-state index contributed by atoms with van der Waals surface area (Å²) < 4.78 is 10.8. The second-order valence-electron chi connectivity index (χ2n) is 6.16. The van der Waals surface area contributed by atoms with Gasteiger partial charge in [0.05, 0.1) is 36.2 Å². The maximum absolute atomic E-state index is 12.3. The first kappa shape index (κ1) is 16.9. The number of nitrogens with one attached hydrogen (secondary N) is 1. The van der Waals surface area contributed by atoms with Gasteiger partial charge in [-0.2, -0.15) is 0 Å². The zero-order valence-electron chi connectivity index (χ0n) is 13.7. The van der Waals surface area contributed by atoms with Crippen LogP contribution in [0.5, 0.6) is 0 Å². The minimum Gasteiger partial charge on any atom is -0.379 e.